The van der Waals surface area contributed by atoms with Crippen LogP contribution in [-0.2, 0) is 0 Å². The Labute approximate surface area is 94.2 Å². The fourth-order valence-electron chi connectivity index (χ4n) is 1.44. The largest absolute Gasteiger partial charge is 0.363 e. The van der Waals surface area contributed by atoms with Gasteiger partial charge in [0, 0.05) is 18.3 Å². The van der Waals surface area contributed by atoms with Crippen molar-refractivity contribution < 1.29 is 4.39 Å². The van der Waals surface area contributed by atoms with Crippen LogP contribution in [-0.4, -0.2) is 4.98 Å². The molecule has 1 aromatic carbocycles. The predicted octanol–water partition coefficient (Wildman–Crippen LogP) is 3.19. The van der Waals surface area contributed by atoms with E-state index in [1.807, 2.05) is 13.0 Å². The molecule has 0 saturated heterocycles. The maximum Gasteiger partial charge on any atom is 0.134 e. The van der Waals surface area contributed by atoms with Crippen LogP contribution >= 0.6 is 0 Å². The molecule has 1 heterocycles. The van der Waals surface area contributed by atoms with E-state index in [-0.39, 0.29) is 11.9 Å². The van der Waals surface area contributed by atoms with E-state index in [1.54, 1.807) is 24.4 Å². The van der Waals surface area contributed by atoms with Crippen LogP contribution in [0.15, 0.2) is 42.6 Å². The molecule has 1 radical (unpaired) electrons. The molecule has 81 valence electrons. The van der Waals surface area contributed by atoms with Gasteiger partial charge in [-0.15, -0.1) is 0 Å². The Balaban J connectivity index is 2.09. The van der Waals surface area contributed by atoms with E-state index >= 15 is 0 Å². The van der Waals surface area contributed by atoms with E-state index in [4.69, 9.17) is 0 Å². The topological polar surface area (TPSA) is 24.9 Å². The Morgan fingerprint density at radius 2 is 2.06 bits per heavy atom. The number of aromatic nitrogens is 1. The van der Waals surface area contributed by atoms with Gasteiger partial charge in [-0.05, 0) is 36.8 Å². The van der Waals surface area contributed by atoms with Crippen molar-refractivity contribution in [1.82, 2.24) is 4.98 Å². The summed E-state index contributed by atoms with van der Waals surface area (Å²) < 4.78 is 12.7. The fourth-order valence-corrected chi connectivity index (χ4v) is 1.44. The van der Waals surface area contributed by atoms with E-state index in [2.05, 4.69) is 16.4 Å². The molecule has 0 bridgehead atoms. The lowest BCUT2D eigenvalue weighted by Gasteiger charge is -2.14. The van der Waals surface area contributed by atoms with Crippen molar-refractivity contribution in [2.24, 2.45) is 0 Å². The highest BCUT2D eigenvalue weighted by Crippen LogP contribution is 2.17. The monoisotopic (exact) mass is 215 g/mol. The maximum absolute atomic E-state index is 12.7. The lowest BCUT2D eigenvalue weighted by molar-refractivity contribution is 0.626. The molecular formula is C13H12FN2. The van der Waals surface area contributed by atoms with Gasteiger partial charge >= 0.3 is 0 Å². The average Bonchev–Trinajstić information content (AvgIpc) is 2.31. The van der Waals surface area contributed by atoms with Crippen LogP contribution in [0.3, 0.4) is 0 Å². The molecule has 0 amide bonds. The van der Waals surface area contributed by atoms with E-state index in [9.17, 15) is 4.39 Å². The highest BCUT2D eigenvalue weighted by Gasteiger charge is 2.05. The number of nitrogens with one attached hydrogen (secondary N) is 1. The van der Waals surface area contributed by atoms with Crippen molar-refractivity contribution in [3.63, 3.8) is 0 Å². The lowest BCUT2D eigenvalue weighted by atomic mass is 10.1. The van der Waals surface area contributed by atoms with Gasteiger partial charge < -0.3 is 5.32 Å². The Bertz CT molecular complexity index is 439. The second kappa shape index (κ2) is 4.75. The Morgan fingerprint density at radius 3 is 2.69 bits per heavy atom. The molecule has 0 aliphatic carbocycles. The average molecular weight is 215 g/mol. The van der Waals surface area contributed by atoms with Gasteiger partial charge in [-0.1, -0.05) is 12.1 Å². The lowest BCUT2D eigenvalue weighted by Crippen LogP contribution is -2.07. The van der Waals surface area contributed by atoms with E-state index in [0.29, 0.717) is 5.82 Å². The fraction of sp³-hybridized carbons (Fsp3) is 0.154. The summed E-state index contributed by atoms with van der Waals surface area (Å²) in [6.45, 7) is 2.00. The van der Waals surface area contributed by atoms with Gasteiger partial charge in [0.1, 0.15) is 11.6 Å². The molecule has 0 fully saturated rings. The van der Waals surface area contributed by atoms with Crippen LogP contribution in [0.1, 0.15) is 18.5 Å². The zero-order valence-corrected chi connectivity index (χ0v) is 8.94. The second-order valence-electron chi connectivity index (χ2n) is 3.55. The van der Waals surface area contributed by atoms with Gasteiger partial charge in [0.2, 0.25) is 0 Å². The highest BCUT2D eigenvalue weighted by atomic mass is 19.1. The normalized spacial score (nSPS) is 12.1. The number of anilines is 1. The van der Waals surface area contributed by atoms with Crippen LogP contribution in [0.4, 0.5) is 10.2 Å². The molecule has 1 atom stereocenters. The first-order chi connectivity index (χ1) is 7.75. The molecule has 0 spiro atoms. The zero-order valence-electron chi connectivity index (χ0n) is 8.94. The molecule has 2 aromatic rings. The van der Waals surface area contributed by atoms with Crippen molar-refractivity contribution >= 4 is 5.82 Å². The van der Waals surface area contributed by atoms with Crippen LogP contribution < -0.4 is 5.32 Å². The summed E-state index contributed by atoms with van der Waals surface area (Å²) in [5.41, 5.74) is 1.01. The molecule has 0 saturated carbocycles. The number of benzene rings is 1. The molecule has 1 N–H and O–H groups in total. The summed E-state index contributed by atoms with van der Waals surface area (Å²) >= 11 is 0. The van der Waals surface area contributed by atoms with Crippen molar-refractivity contribution in [2.45, 2.75) is 13.0 Å². The van der Waals surface area contributed by atoms with Crippen molar-refractivity contribution in [3.05, 3.63) is 60.0 Å². The number of nitrogens with zero attached hydrogens (tertiary/aromatic N) is 1. The van der Waals surface area contributed by atoms with Gasteiger partial charge in [-0.2, -0.15) is 0 Å². The van der Waals surface area contributed by atoms with Gasteiger partial charge in [-0.3, -0.25) is 0 Å². The quantitative estimate of drug-likeness (QED) is 0.850. The van der Waals surface area contributed by atoms with Gasteiger partial charge in [-0.25, -0.2) is 9.37 Å². The third-order valence-electron chi connectivity index (χ3n) is 2.33. The molecular weight excluding hydrogens is 203 g/mol. The smallest absolute Gasteiger partial charge is 0.134 e. The van der Waals surface area contributed by atoms with Gasteiger partial charge in [0.15, 0.2) is 0 Å². The second-order valence-corrected chi connectivity index (χ2v) is 3.55. The summed E-state index contributed by atoms with van der Waals surface area (Å²) in [5, 5.41) is 3.19. The van der Waals surface area contributed by atoms with Crippen molar-refractivity contribution in [2.75, 3.05) is 5.32 Å². The Hall–Kier alpha value is -1.90. The SMILES string of the molecule is CC(Nc1[c]cccn1)c1ccc(F)cc1. The highest BCUT2D eigenvalue weighted by molar-refractivity contribution is 5.36. The number of rotatable bonds is 3. The van der Waals surface area contributed by atoms with Crippen LogP contribution in [0.2, 0.25) is 0 Å². The standard InChI is InChI=1S/C13H12FN2/c1-10(11-5-7-12(14)8-6-11)16-13-4-2-3-9-15-13/h2-3,5-10H,1H3,(H,15,16). The first-order valence-corrected chi connectivity index (χ1v) is 5.10. The number of halogens is 1. The molecule has 0 aliphatic rings. The molecule has 2 rings (SSSR count). The minimum Gasteiger partial charge on any atom is -0.363 e. The van der Waals surface area contributed by atoms with Crippen LogP contribution in [0.5, 0.6) is 0 Å². The molecule has 2 nitrogen and oxygen atoms in total. The summed E-state index contributed by atoms with van der Waals surface area (Å²) in [7, 11) is 0. The van der Waals surface area contributed by atoms with Gasteiger partial charge in [0.25, 0.3) is 0 Å². The van der Waals surface area contributed by atoms with E-state index in [1.165, 1.54) is 12.1 Å². The zero-order chi connectivity index (χ0) is 11.4. The minimum atomic E-state index is -0.222. The molecule has 16 heavy (non-hydrogen) atoms. The molecule has 1 aromatic heterocycles. The third kappa shape index (κ3) is 2.57. The van der Waals surface area contributed by atoms with Crippen molar-refractivity contribution in [1.29, 1.82) is 0 Å². The maximum atomic E-state index is 12.7. The van der Waals surface area contributed by atoms with Crippen LogP contribution in [0.25, 0.3) is 0 Å². The first-order valence-electron chi connectivity index (χ1n) is 5.10. The number of hydrogen-bond donors (Lipinski definition) is 1. The third-order valence-corrected chi connectivity index (χ3v) is 2.33. The Kier molecular flexibility index (Phi) is 3.15. The van der Waals surface area contributed by atoms with Gasteiger partial charge in [0.05, 0.1) is 0 Å². The van der Waals surface area contributed by atoms with Crippen molar-refractivity contribution in [3.8, 4) is 0 Å². The number of hydrogen-bond acceptors (Lipinski definition) is 2. The summed E-state index contributed by atoms with van der Waals surface area (Å²) in [6.07, 6.45) is 1.70. The summed E-state index contributed by atoms with van der Waals surface area (Å²) in [4.78, 5) is 4.12. The molecule has 0 aliphatic heterocycles. The van der Waals surface area contributed by atoms with E-state index in [0.717, 1.165) is 5.56 Å². The number of pyridine rings is 1. The minimum absolute atomic E-state index is 0.0757. The summed E-state index contributed by atoms with van der Waals surface area (Å²) in [6, 6.07) is 13.1. The first kappa shape index (κ1) is 10.6. The molecule has 1 unspecified atom stereocenters. The molecule has 3 heteroatoms. The van der Waals surface area contributed by atoms with Crippen LogP contribution in [0, 0.1) is 11.9 Å². The Morgan fingerprint density at radius 1 is 1.31 bits per heavy atom. The van der Waals surface area contributed by atoms with E-state index < -0.39 is 0 Å². The predicted molar refractivity (Wildman–Crippen MR) is 61.5 cm³/mol. The summed E-state index contributed by atoms with van der Waals surface area (Å²) in [5.74, 6) is 0.472.